The van der Waals surface area contributed by atoms with Crippen LogP contribution in [0.15, 0.2) is 72.8 Å². The van der Waals surface area contributed by atoms with E-state index in [-0.39, 0.29) is 22.3 Å². The van der Waals surface area contributed by atoms with Crippen molar-refractivity contribution < 1.29 is 26.3 Å². The van der Waals surface area contributed by atoms with Gasteiger partial charge >= 0.3 is 0 Å². The first-order valence-corrected chi connectivity index (χ1v) is 10.3. The third-order valence-corrected chi connectivity index (χ3v) is 6.21. The molecule has 0 saturated heterocycles. The van der Waals surface area contributed by atoms with Crippen molar-refractivity contribution in [3.63, 3.8) is 0 Å². The van der Waals surface area contributed by atoms with E-state index in [4.69, 9.17) is 0 Å². The molecule has 34 heavy (non-hydrogen) atoms. The molecule has 1 aliphatic carbocycles. The van der Waals surface area contributed by atoms with Crippen LogP contribution >= 0.6 is 0 Å². The van der Waals surface area contributed by atoms with Gasteiger partial charge in [-0.25, -0.2) is 26.3 Å². The van der Waals surface area contributed by atoms with E-state index in [0.29, 0.717) is 35.2 Å². The minimum Gasteiger partial charge on any atom is -0.207 e. The Morgan fingerprint density at radius 3 is 1.59 bits per heavy atom. The first-order valence-electron chi connectivity index (χ1n) is 10.3. The Kier molecular flexibility index (Phi) is 4.36. The molecule has 0 aromatic heterocycles. The van der Waals surface area contributed by atoms with Crippen LogP contribution in [0.1, 0.15) is 0 Å². The maximum Gasteiger partial charge on any atom is 0.136 e. The average Bonchev–Trinajstić information content (AvgIpc) is 3.09. The van der Waals surface area contributed by atoms with Gasteiger partial charge in [-0.3, -0.25) is 0 Å². The van der Waals surface area contributed by atoms with Gasteiger partial charge in [-0.05, 0) is 50.2 Å². The summed E-state index contributed by atoms with van der Waals surface area (Å²) in [5.41, 5.74) is 2.79. The zero-order valence-corrected chi connectivity index (χ0v) is 17.2. The summed E-state index contributed by atoms with van der Waals surface area (Å²) in [7, 11) is 0. The second-order valence-electron chi connectivity index (χ2n) is 8.14. The summed E-state index contributed by atoms with van der Waals surface area (Å²) in [4.78, 5) is 0. The van der Waals surface area contributed by atoms with E-state index in [1.807, 2.05) is 0 Å². The van der Waals surface area contributed by atoms with Gasteiger partial charge in [0.25, 0.3) is 0 Å². The summed E-state index contributed by atoms with van der Waals surface area (Å²) in [6.45, 7) is 0. The van der Waals surface area contributed by atoms with Crippen LogP contribution < -0.4 is 0 Å². The molecule has 6 rings (SSSR count). The van der Waals surface area contributed by atoms with Crippen molar-refractivity contribution >= 4 is 10.8 Å². The molecule has 0 amide bonds. The highest BCUT2D eigenvalue weighted by Gasteiger charge is 2.26. The van der Waals surface area contributed by atoms with Crippen LogP contribution in [-0.2, 0) is 0 Å². The van der Waals surface area contributed by atoms with Gasteiger partial charge in [-0.2, -0.15) is 0 Å². The summed E-state index contributed by atoms with van der Waals surface area (Å²) >= 11 is 0. The molecule has 0 radical (unpaired) electrons. The molecule has 0 atom stereocenters. The molecule has 0 N–H and O–H groups in total. The van der Waals surface area contributed by atoms with Crippen molar-refractivity contribution in [2.24, 2.45) is 0 Å². The van der Waals surface area contributed by atoms with Crippen LogP contribution in [-0.4, -0.2) is 0 Å². The zero-order chi connectivity index (χ0) is 23.7. The molecule has 5 aromatic rings. The van der Waals surface area contributed by atoms with Crippen molar-refractivity contribution in [1.29, 1.82) is 0 Å². The SMILES string of the molecule is Fc1cc(F)c(-c2ccc3c(c2)-c2cccc4c(-c5c(F)cc(F)cc5F)ccc-3c24)c(F)c1. The van der Waals surface area contributed by atoms with Gasteiger partial charge in [0.05, 0.1) is 11.1 Å². The Morgan fingerprint density at radius 1 is 0.412 bits per heavy atom. The summed E-state index contributed by atoms with van der Waals surface area (Å²) in [5.74, 6) is -6.09. The zero-order valence-electron chi connectivity index (χ0n) is 17.2. The molecule has 6 heteroatoms. The van der Waals surface area contributed by atoms with E-state index in [1.54, 1.807) is 48.5 Å². The monoisotopic (exact) mass is 462 g/mol. The third kappa shape index (κ3) is 2.88. The van der Waals surface area contributed by atoms with Gasteiger partial charge in [0.2, 0.25) is 0 Å². The molecule has 1 aliphatic rings. The average molecular weight is 462 g/mol. The highest BCUT2D eigenvalue weighted by Crippen LogP contribution is 2.50. The molecule has 0 saturated carbocycles. The minimum absolute atomic E-state index is 0.231. The van der Waals surface area contributed by atoms with Crippen LogP contribution in [0.3, 0.4) is 0 Å². The van der Waals surface area contributed by atoms with Crippen molar-refractivity contribution in [1.82, 2.24) is 0 Å². The maximum atomic E-state index is 14.6. The molecule has 0 spiro atoms. The number of halogens is 6. The van der Waals surface area contributed by atoms with Crippen LogP contribution in [0.2, 0.25) is 0 Å². The van der Waals surface area contributed by atoms with Crippen LogP contribution in [0, 0.1) is 34.9 Å². The van der Waals surface area contributed by atoms with Crippen molar-refractivity contribution in [3.8, 4) is 44.5 Å². The van der Waals surface area contributed by atoms with Crippen LogP contribution in [0.4, 0.5) is 26.3 Å². The van der Waals surface area contributed by atoms with Crippen molar-refractivity contribution in [3.05, 3.63) is 108 Å². The Labute approximate surface area is 189 Å². The topological polar surface area (TPSA) is 0 Å². The van der Waals surface area contributed by atoms with Gasteiger partial charge < -0.3 is 0 Å². The molecular weight excluding hydrogens is 450 g/mol. The van der Waals surface area contributed by atoms with Gasteiger partial charge in [-0.15, -0.1) is 0 Å². The molecule has 0 heterocycles. The van der Waals surface area contributed by atoms with E-state index in [2.05, 4.69) is 0 Å². The predicted molar refractivity (Wildman–Crippen MR) is 119 cm³/mol. The quantitative estimate of drug-likeness (QED) is 0.226. The normalized spacial score (nSPS) is 11.8. The Bertz CT molecular complexity index is 1620. The number of rotatable bonds is 2. The van der Waals surface area contributed by atoms with Crippen molar-refractivity contribution in [2.75, 3.05) is 0 Å². The smallest absolute Gasteiger partial charge is 0.136 e. The van der Waals surface area contributed by atoms with Crippen LogP contribution in [0.5, 0.6) is 0 Å². The van der Waals surface area contributed by atoms with E-state index in [9.17, 15) is 26.3 Å². The Hall–Kier alpha value is -4.06. The number of benzene rings is 5. The van der Waals surface area contributed by atoms with E-state index in [0.717, 1.165) is 22.1 Å². The van der Waals surface area contributed by atoms with Crippen molar-refractivity contribution in [2.45, 2.75) is 0 Å². The molecule has 166 valence electrons. The van der Waals surface area contributed by atoms with Gasteiger partial charge in [0.1, 0.15) is 34.9 Å². The van der Waals surface area contributed by atoms with Gasteiger partial charge in [0.15, 0.2) is 0 Å². The number of hydrogen-bond acceptors (Lipinski definition) is 0. The third-order valence-electron chi connectivity index (χ3n) is 6.21. The molecule has 0 unspecified atom stereocenters. The Balaban J connectivity index is 1.60. The lowest BCUT2D eigenvalue weighted by Crippen LogP contribution is -1.93. The molecule has 0 aliphatic heterocycles. The lowest BCUT2D eigenvalue weighted by Gasteiger charge is -2.11. The maximum absolute atomic E-state index is 14.6. The fraction of sp³-hybridized carbons (Fsp3) is 0. The highest BCUT2D eigenvalue weighted by molar-refractivity contribution is 6.19. The largest absolute Gasteiger partial charge is 0.207 e. The second kappa shape index (κ2) is 7.22. The van der Waals surface area contributed by atoms with E-state index in [1.165, 1.54) is 0 Å². The molecule has 5 aromatic carbocycles. The minimum atomic E-state index is -1.02. The Morgan fingerprint density at radius 2 is 0.941 bits per heavy atom. The number of hydrogen-bond donors (Lipinski definition) is 0. The fourth-order valence-electron chi connectivity index (χ4n) is 4.85. The standard InChI is InChI=1S/C28H12F6/c29-14-9-22(31)26(23(32)10-14)13-4-5-16-19-6-7-20(28-24(33)11-15(30)12-25(28)34)17-2-1-3-18(27(17)19)21(16)8-13/h1-12H. The molecular formula is C28H12F6. The van der Waals surface area contributed by atoms with Gasteiger partial charge in [0, 0.05) is 24.3 Å². The summed E-state index contributed by atoms with van der Waals surface area (Å²) in [5, 5.41) is 1.27. The second-order valence-corrected chi connectivity index (χ2v) is 8.14. The fourth-order valence-corrected chi connectivity index (χ4v) is 4.85. The molecule has 0 nitrogen and oxygen atoms in total. The van der Waals surface area contributed by atoms with Gasteiger partial charge in [-0.1, -0.05) is 42.5 Å². The lowest BCUT2D eigenvalue weighted by molar-refractivity contribution is 0.547. The first kappa shape index (κ1) is 20.5. The van der Waals surface area contributed by atoms with E-state index >= 15 is 0 Å². The van der Waals surface area contributed by atoms with Crippen LogP contribution in [0.25, 0.3) is 55.3 Å². The molecule has 0 bridgehead atoms. The predicted octanol–water partition coefficient (Wildman–Crippen LogP) is 8.66. The summed E-state index contributed by atoms with van der Waals surface area (Å²) in [6.07, 6.45) is 0. The first-order chi connectivity index (χ1) is 16.3. The summed E-state index contributed by atoms with van der Waals surface area (Å²) in [6, 6.07) is 15.9. The van der Waals surface area contributed by atoms with E-state index < -0.39 is 34.9 Å². The highest BCUT2D eigenvalue weighted by atomic mass is 19.2. The summed E-state index contributed by atoms with van der Waals surface area (Å²) < 4.78 is 84.8. The molecule has 0 fully saturated rings. The number of fused-ring (bicyclic) bond motifs is 3. The lowest BCUT2D eigenvalue weighted by atomic mass is 9.94.